The molecule has 14 heavy (non-hydrogen) atoms. The van der Waals surface area contributed by atoms with Crippen LogP contribution in [-0.2, 0) is 6.54 Å². The second kappa shape index (κ2) is 3.45. The van der Waals surface area contributed by atoms with Crippen LogP contribution in [0.15, 0.2) is 12.4 Å². The third kappa shape index (κ3) is 1.65. The predicted molar refractivity (Wildman–Crippen MR) is 46.3 cm³/mol. The summed E-state index contributed by atoms with van der Waals surface area (Å²) in [5.74, 6) is 0. The van der Waals surface area contributed by atoms with Gasteiger partial charge in [-0.1, -0.05) is 0 Å². The van der Waals surface area contributed by atoms with Gasteiger partial charge in [0.1, 0.15) is 6.54 Å². The minimum absolute atomic E-state index is 0.0218. The Balaban J connectivity index is 2.50. The number of nitrogens with zero attached hydrogens (tertiary/aromatic N) is 4. The number of hydrogen-bond donors (Lipinski definition) is 0. The van der Waals surface area contributed by atoms with E-state index in [0.29, 0.717) is 11.0 Å². The van der Waals surface area contributed by atoms with E-state index in [-0.39, 0.29) is 5.28 Å². The minimum Gasteiger partial charge on any atom is -0.241 e. The molecule has 0 bridgehead atoms. The van der Waals surface area contributed by atoms with Gasteiger partial charge in [0.05, 0.1) is 11.6 Å². The Morgan fingerprint density at radius 3 is 2.93 bits per heavy atom. The lowest BCUT2D eigenvalue weighted by atomic mass is 10.4. The molecule has 0 N–H and O–H groups in total. The van der Waals surface area contributed by atoms with E-state index in [0.717, 1.165) is 4.68 Å². The molecule has 2 aromatic rings. The molecule has 0 unspecified atom stereocenters. The quantitative estimate of drug-likeness (QED) is 0.722. The molecule has 74 valence electrons. The number of aromatic nitrogens is 4. The van der Waals surface area contributed by atoms with Crippen molar-refractivity contribution in [3.63, 3.8) is 0 Å². The maximum Gasteiger partial charge on any atom is 0.258 e. The molecule has 0 amide bonds. The Hall–Kier alpha value is -1.30. The zero-order valence-corrected chi connectivity index (χ0v) is 7.62. The van der Waals surface area contributed by atoms with Gasteiger partial charge in [-0.15, -0.1) is 0 Å². The summed E-state index contributed by atoms with van der Waals surface area (Å²) in [7, 11) is 0. The zero-order valence-electron chi connectivity index (χ0n) is 6.86. The summed E-state index contributed by atoms with van der Waals surface area (Å²) < 4.78 is 25.3. The van der Waals surface area contributed by atoms with Gasteiger partial charge >= 0.3 is 0 Å². The van der Waals surface area contributed by atoms with Crippen LogP contribution in [-0.4, -0.2) is 26.2 Å². The van der Waals surface area contributed by atoms with Crippen molar-refractivity contribution in [1.29, 1.82) is 0 Å². The molecule has 2 heterocycles. The van der Waals surface area contributed by atoms with Crippen molar-refractivity contribution < 1.29 is 8.78 Å². The Labute approximate surface area is 82.5 Å². The second-order valence-corrected chi connectivity index (χ2v) is 2.97. The molecule has 2 aromatic heterocycles. The van der Waals surface area contributed by atoms with Crippen LogP contribution in [0.25, 0.3) is 11.0 Å². The molecule has 0 atom stereocenters. The zero-order chi connectivity index (χ0) is 10.1. The van der Waals surface area contributed by atoms with Gasteiger partial charge in [-0.2, -0.15) is 10.1 Å². The number of fused-ring (bicyclic) bond motifs is 1. The Morgan fingerprint density at radius 2 is 2.21 bits per heavy atom. The largest absolute Gasteiger partial charge is 0.258 e. The van der Waals surface area contributed by atoms with E-state index in [2.05, 4.69) is 15.1 Å². The standard InChI is InChI=1S/C7H5ClF2N4/c8-7-11-1-4-2-12-14(3-5(9)10)6(4)13-7/h1-2,5H,3H2. The van der Waals surface area contributed by atoms with Gasteiger partial charge in [0.2, 0.25) is 5.28 Å². The molecule has 0 fully saturated rings. The van der Waals surface area contributed by atoms with Crippen molar-refractivity contribution in [2.24, 2.45) is 0 Å². The summed E-state index contributed by atoms with van der Waals surface area (Å²) in [5.41, 5.74) is 0.324. The van der Waals surface area contributed by atoms with Gasteiger partial charge in [0.15, 0.2) is 5.65 Å². The molecule has 7 heteroatoms. The summed E-state index contributed by atoms with van der Waals surface area (Å²) in [5, 5.41) is 4.37. The van der Waals surface area contributed by atoms with Crippen LogP contribution in [0, 0.1) is 0 Å². The number of halogens is 3. The van der Waals surface area contributed by atoms with Crippen LogP contribution in [0.1, 0.15) is 0 Å². The molecule has 0 aromatic carbocycles. The molecule has 0 saturated carbocycles. The number of rotatable bonds is 2. The predicted octanol–water partition coefficient (Wildman–Crippen LogP) is 1.74. The second-order valence-electron chi connectivity index (χ2n) is 2.64. The molecule has 2 rings (SSSR count). The van der Waals surface area contributed by atoms with E-state index >= 15 is 0 Å². The van der Waals surface area contributed by atoms with E-state index in [4.69, 9.17) is 11.6 Å². The normalized spacial score (nSPS) is 11.4. The van der Waals surface area contributed by atoms with Gasteiger partial charge in [0, 0.05) is 6.20 Å². The fourth-order valence-corrected chi connectivity index (χ4v) is 1.24. The van der Waals surface area contributed by atoms with Gasteiger partial charge < -0.3 is 0 Å². The average molecular weight is 219 g/mol. The lowest BCUT2D eigenvalue weighted by Gasteiger charge is -2.00. The molecule has 0 aliphatic carbocycles. The van der Waals surface area contributed by atoms with Crippen LogP contribution in [0.4, 0.5) is 8.78 Å². The fraction of sp³-hybridized carbons (Fsp3) is 0.286. The highest BCUT2D eigenvalue weighted by Crippen LogP contribution is 2.13. The molecular formula is C7H5ClF2N4. The summed E-state index contributed by atoms with van der Waals surface area (Å²) in [6.07, 6.45) is 0.403. The van der Waals surface area contributed by atoms with E-state index in [1.54, 1.807) is 0 Å². The molecule has 4 nitrogen and oxygen atoms in total. The van der Waals surface area contributed by atoms with Crippen LogP contribution in [0.2, 0.25) is 5.28 Å². The van der Waals surface area contributed by atoms with Crippen molar-refractivity contribution >= 4 is 22.6 Å². The molecule has 0 aliphatic rings. The highest BCUT2D eigenvalue weighted by molar-refractivity contribution is 6.28. The third-order valence-electron chi connectivity index (χ3n) is 1.66. The highest BCUT2D eigenvalue weighted by Gasteiger charge is 2.10. The highest BCUT2D eigenvalue weighted by atomic mass is 35.5. The van der Waals surface area contributed by atoms with Crippen molar-refractivity contribution in [2.75, 3.05) is 0 Å². The van der Waals surface area contributed by atoms with Crippen LogP contribution >= 0.6 is 11.6 Å². The first-order valence-corrected chi connectivity index (χ1v) is 4.17. The molecule has 0 aliphatic heterocycles. The first-order valence-electron chi connectivity index (χ1n) is 3.79. The third-order valence-corrected chi connectivity index (χ3v) is 1.84. The van der Waals surface area contributed by atoms with Crippen molar-refractivity contribution in [3.05, 3.63) is 17.7 Å². The smallest absolute Gasteiger partial charge is 0.241 e. The number of hydrogen-bond acceptors (Lipinski definition) is 3. The van der Waals surface area contributed by atoms with E-state index < -0.39 is 13.0 Å². The van der Waals surface area contributed by atoms with Crippen molar-refractivity contribution in [3.8, 4) is 0 Å². The SMILES string of the molecule is FC(F)Cn1ncc2cnc(Cl)nc21. The summed E-state index contributed by atoms with van der Waals surface area (Å²) in [6.45, 7) is -0.489. The molecular weight excluding hydrogens is 214 g/mol. The van der Waals surface area contributed by atoms with Crippen molar-refractivity contribution in [1.82, 2.24) is 19.7 Å². The maximum absolute atomic E-state index is 12.1. The number of alkyl halides is 2. The van der Waals surface area contributed by atoms with Gasteiger partial charge in [0.25, 0.3) is 6.43 Å². The van der Waals surface area contributed by atoms with Gasteiger partial charge in [-0.25, -0.2) is 18.4 Å². The maximum atomic E-state index is 12.1. The van der Waals surface area contributed by atoms with Gasteiger partial charge in [-0.3, -0.25) is 0 Å². The van der Waals surface area contributed by atoms with Crippen LogP contribution < -0.4 is 0 Å². The Morgan fingerprint density at radius 1 is 1.43 bits per heavy atom. The first kappa shape index (κ1) is 9.26. The van der Waals surface area contributed by atoms with Gasteiger partial charge in [-0.05, 0) is 11.6 Å². The average Bonchev–Trinajstić information content (AvgIpc) is 2.47. The van der Waals surface area contributed by atoms with E-state index in [9.17, 15) is 8.78 Å². The van der Waals surface area contributed by atoms with Crippen molar-refractivity contribution in [2.45, 2.75) is 13.0 Å². The summed E-state index contributed by atoms with van der Waals surface area (Å²) in [4.78, 5) is 7.52. The lowest BCUT2D eigenvalue weighted by molar-refractivity contribution is 0.123. The molecule has 0 spiro atoms. The Kier molecular flexibility index (Phi) is 2.28. The van der Waals surface area contributed by atoms with Crippen LogP contribution in [0.5, 0.6) is 0 Å². The van der Waals surface area contributed by atoms with E-state index in [1.165, 1.54) is 12.4 Å². The Bertz CT molecular complexity index is 456. The summed E-state index contributed by atoms with van der Waals surface area (Å²) >= 11 is 5.53. The summed E-state index contributed by atoms with van der Waals surface area (Å²) in [6, 6.07) is 0. The monoisotopic (exact) mass is 218 g/mol. The molecule has 0 saturated heterocycles. The van der Waals surface area contributed by atoms with E-state index in [1.807, 2.05) is 0 Å². The topological polar surface area (TPSA) is 43.6 Å². The van der Waals surface area contributed by atoms with Crippen LogP contribution in [0.3, 0.4) is 0 Å². The first-order chi connectivity index (χ1) is 6.66. The fourth-order valence-electron chi connectivity index (χ4n) is 1.11. The minimum atomic E-state index is -2.47. The molecule has 0 radical (unpaired) electrons. The lowest BCUT2D eigenvalue weighted by Crippen LogP contribution is -2.08.